The maximum Gasteiger partial charge on any atom is 0.321 e. The molecule has 0 saturated heterocycles. The molecule has 0 aromatic heterocycles. The van der Waals surface area contributed by atoms with E-state index >= 15 is 0 Å². The van der Waals surface area contributed by atoms with E-state index < -0.39 is 5.60 Å². The van der Waals surface area contributed by atoms with E-state index in [1.54, 1.807) is 20.9 Å². The van der Waals surface area contributed by atoms with Gasteiger partial charge in [-0.1, -0.05) is 19.1 Å². The average molecular weight is 293 g/mol. The van der Waals surface area contributed by atoms with Gasteiger partial charge in [0, 0.05) is 18.8 Å². The van der Waals surface area contributed by atoms with Crippen molar-refractivity contribution in [1.29, 1.82) is 0 Å². The summed E-state index contributed by atoms with van der Waals surface area (Å²) in [6.07, 6.45) is 0. The maximum absolute atomic E-state index is 12.1. The van der Waals surface area contributed by atoms with Crippen LogP contribution >= 0.6 is 0 Å². The molecule has 0 spiro atoms. The Labute approximate surface area is 127 Å². The van der Waals surface area contributed by atoms with Crippen molar-refractivity contribution in [2.75, 3.05) is 25.5 Å². The number of likely N-dealkylation sites (N-methyl/N-ethyl adjacent to an activating group) is 1. The molecular weight excluding hydrogens is 266 g/mol. The molecule has 0 fully saturated rings. The highest BCUT2D eigenvalue weighted by Gasteiger charge is 2.19. The van der Waals surface area contributed by atoms with Gasteiger partial charge in [-0.25, -0.2) is 4.79 Å². The Kier molecular flexibility index (Phi) is 6.18. The summed E-state index contributed by atoms with van der Waals surface area (Å²) < 4.78 is 0. The molecule has 1 aromatic rings. The number of carbonyl (C=O) groups is 1. The first-order chi connectivity index (χ1) is 9.73. The fraction of sp³-hybridized carbons (Fsp3) is 0.562. The number of hydrogen-bond donors (Lipinski definition) is 3. The van der Waals surface area contributed by atoms with E-state index in [2.05, 4.69) is 24.5 Å². The minimum Gasteiger partial charge on any atom is -0.389 e. The lowest BCUT2D eigenvalue weighted by Gasteiger charge is -2.25. The van der Waals surface area contributed by atoms with Crippen LogP contribution in [0.15, 0.2) is 24.3 Å². The van der Waals surface area contributed by atoms with E-state index in [4.69, 9.17) is 0 Å². The van der Waals surface area contributed by atoms with Crippen LogP contribution in [0.25, 0.3) is 0 Å². The number of anilines is 1. The van der Waals surface area contributed by atoms with Crippen LogP contribution in [0.5, 0.6) is 0 Å². The molecule has 118 valence electrons. The van der Waals surface area contributed by atoms with Crippen LogP contribution < -0.4 is 10.6 Å². The molecule has 0 radical (unpaired) electrons. The summed E-state index contributed by atoms with van der Waals surface area (Å²) in [7, 11) is 1.67. The molecule has 0 aliphatic rings. The lowest BCUT2D eigenvalue weighted by Crippen LogP contribution is -2.41. The van der Waals surface area contributed by atoms with Gasteiger partial charge >= 0.3 is 6.03 Å². The SMILES string of the molecule is CCNC(C)c1cccc(NC(=O)N(C)CC(C)(C)O)c1. The summed E-state index contributed by atoms with van der Waals surface area (Å²) in [6.45, 7) is 8.67. The Bertz CT molecular complexity index is 469. The summed E-state index contributed by atoms with van der Waals surface area (Å²) >= 11 is 0. The highest BCUT2D eigenvalue weighted by Crippen LogP contribution is 2.17. The smallest absolute Gasteiger partial charge is 0.321 e. The van der Waals surface area contributed by atoms with Gasteiger partial charge in [0.05, 0.1) is 12.1 Å². The van der Waals surface area contributed by atoms with Gasteiger partial charge in [0.1, 0.15) is 0 Å². The third kappa shape index (κ3) is 6.14. The van der Waals surface area contributed by atoms with Gasteiger partial charge in [0.25, 0.3) is 0 Å². The zero-order valence-corrected chi connectivity index (χ0v) is 13.6. The zero-order valence-electron chi connectivity index (χ0n) is 13.6. The molecule has 0 aliphatic carbocycles. The summed E-state index contributed by atoms with van der Waals surface area (Å²) in [5, 5.41) is 15.9. The predicted molar refractivity (Wildman–Crippen MR) is 86.5 cm³/mol. The molecule has 0 saturated carbocycles. The van der Waals surface area contributed by atoms with E-state index in [1.807, 2.05) is 24.3 Å². The number of hydrogen-bond acceptors (Lipinski definition) is 3. The van der Waals surface area contributed by atoms with Crippen molar-refractivity contribution in [2.24, 2.45) is 0 Å². The number of urea groups is 1. The maximum atomic E-state index is 12.1. The van der Waals surface area contributed by atoms with Crippen molar-refractivity contribution in [1.82, 2.24) is 10.2 Å². The first-order valence-electron chi connectivity index (χ1n) is 7.31. The highest BCUT2D eigenvalue weighted by molar-refractivity contribution is 5.89. The summed E-state index contributed by atoms with van der Waals surface area (Å²) in [6, 6.07) is 7.78. The Morgan fingerprint density at radius 2 is 2.10 bits per heavy atom. The number of carbonyl (C=O) groups excluding carboxylic acids is 1. The van der Waals surface area contributed by atoms with Crippen LogP contribution in [-0.2, 0) is 0 Å². The first kappa shape index (κ1) is 17.5. The minimum absolute atomic E-state index is 0.231. The summed E-state index contributed by atoms with van der Waals surface area (Å²) in [5.74, 6) is 0. The highest BCUT2D eigenvalue weighted by atomic mass is 16.3. The molecule has 1 atom stereocenters. The topological polar surface area (TPSA) is 64.6 Å². The third-order valence-electron chi connectivity index (χ3n) is 3.12. The molecule has 1 aromatic carbocycles. The van der Waals surface area contributed by atoms with Crippen molar-refractivity contribution >= 4 is 11.7 Å². The van der Waals surface area contributed by atoms with Crippen molar-refractivity contribution in [3.8, 4) is 0 Å². The van der Waals surface area contributed by atoms with E-state index in [0.29, 0.717) is 0 Å². The van der Waals surface area contributed by atoms with Gasteiger partial charge in [-0.05, 0) is 45.0 Å². The molecule has 1 unspecified atom stereocenters. The Morgan fingerprint density at radius 3 is 2.67 bits per heavy atom. The van der Waals surface area contributed by atoms with Crippen LogP contribution in [0.2, 0.25) is 0 Å². The van der Waals surface area contributed by atoms with Crippen LogP contribution in [0.4, 0.5) is 10.5 Å². The number of rotatable bonds is 6. The van der Waals surface area contributed by atoms with Crippen molar-refractivity contribution in [3.05, 3.63) is 29.8 Å². The van der Waals surface area contributed by atoms with E-state index in [0.717, 1.165) is 17.8 Å². The zero-order chi connectivity index (χ0) is 16.0. The normalized spacial score (nSPS) is 12.9. The fourth-order valence-electron chi connectivity index (χ4n) is 2.18. The molecule has 2 amide bonds. The lowest BCUT2D eigenvalue weighted by atomic mass is 10.1. The van der Waals surface area contributed by atoms with E-state index in [-0.39, 0.29) is 18.6 Å². The molecule has 1 rings (SSSR count). The molecule has 0 heterocycles. The summed E-state index contributed by atoms with van der Waals surface area (Å²) in [4.78, 5) is 13.6. The molecule has 0 bridgehead atoms. The Balaban J connectivity index is 2.70. The monoisotopic (exact) mass is 293 g/mol. The average Bonchev–Trinajstić information content (AvgIpc) is 2.37. The van der Waals surface area contributed by atoms with Gasteiger partial charge in [0.2, 0.25) is 0 Å². The molecule has 0 aliphatic heterocycles. The second-order valence-electron chi connectivity index (χ2n) is 6.00. The van der Waals surface area contributed by atoms with Gasteiger partial charge in [-0.15, -0.1) is 0 Å². The van der Waals surface area contributed by atoms with Gasteiger partial charge in [-0.3, -0.25) is 0 Å². The molecular formula is C16H27N3O2. The lowest BCUT2D eigenvalue weighted by molar-refractivity contribution is 0.0550. The Morgan fingerprint density at radius 1 is 1.43 bits per heavy atom. The first-order valence-corrected chi connectivity index (χ1v) is 7.31. The van der Waals surface area contributed by atoms with Gasteiger partial charge in [-0.2, -0.15) is 0 Å². The van der Waals surface area contributed by atoms with E-state index in [9.17, 15) is 9.90 Å². The number of amides is 2. The second-order valence-corrected chi connectivity index (χ2v) is 6.00. The molecule has 3 N–H and O–H groups in total. The van der Waals surface area contributed by atoms with Crippen molar-refractivity contribution < 1.29 is 9.90 Å². The number of nitrogens with zero attached hydrogens (tertiary/aromatic N) is 1. The second kappa shape index (κ2) is 7.43. The quantitative estimate of drug-likeness (QED) is 0.755. The van der Waals surface area contributed by atoms with Crippen molar-refractivity contribution in [2.45, 2.75) is 39.3 Å². The van der Waals surface area contributed by atoms with Crippen LogP contribution in [-0.4, -0.2) is 41.8 Å². The van der Waals surface area contributed by atoms with Crippen LogP contribution in [0, 0.1) is 0 Å². The molecule has 5 heteroatoms. The van der Waals surface area contributed by atoms with Crippen molar-refractivity contribution in [3.63, 3.8) is 0 Å². The molecule has 21 heavy (non-hydrogen) atoms. The summed E-state index contributed by atoms with van der Waals surface area (Å²) in [5.41, 5.74) is 0.970. The van der Waals surface area contributed by atoms with Gasteiger partial charge in [0.15, 0.2) is 0 Å². The van der Waals surface area contributed by atoms with E-state index in [1.165, 1.54) is 4.90 Å². The minimum atomic E-state index is -0.909. The van der Waals surface area contributed by atoms with Crippen LogP contribution in [0.3, 0.4) is 0 Å². The Hall–Kier alpha value is -1.59. The largest absolute Gasteiger partial charge is 0.389 e. The van der Waals surface area contributed by atoms with Crippen LogP contribution in [0.1, 0.15) is 39.3 Å². The standard InChI is InChI=1S/C16H27N3O2/c1-6-17-12(2)13-8-7-9-14(10-13)18-15(20)19(5)11-16(3,4)21/h7-10,12,17,21H,6,11H2,1-5H3,(H,18,20). The van der Waals surface area contributed by atoms with Gasteiger partial charge < -0.3 is 20.6 Å². The number of nitrogens with one attached hydrogen (secondary N) is 2. The molecule has 5 nitrogen and oxygen atoms in total. The number of benzene rings is 1. The fourth-order valence-corrected chi connectivity index (χ4v) is 2.18. The third-order valence-corrected chi connectivity index (χ3v) is 3.12. The number of aliphatic hydroxyl groups is 1. The predicted octanol–water partition coefficient (Wildman–Crippen LogP) is 2.59.